The summed E-state index contributed by atoms with van der Waals surface area (Å²) in [6, 6.07) is 5.65. The van der Waals surface area contributed by atoms with Crippen LogP contribution in [0.15, 0.2) is 18.2 Å². The van der Waals surface area contributed by atoms with Gasteiger partial charge in [0.15, 0.2) is 11.2 Å². The smallest absolute Gasteiger partial charge is 0.350 e. The SMILES string of the molecule is COc1ccc(-c2nc3sc(C(=O)OC(C)C)c(C)n3c2C=O)cc1C. The third-order valence-corrected chi connectivity index (χ3v) is 5.17. The summed E-state index contributed by atoms with van der Waals surface area (Å²) in [5, 5.41) is 0. The lowest BCUT2D eigenvalue weighted by Gasteiger charge is -2.07. The van der Waals surface area contributed by atoms with Gasteiger partial charge in [-0.05, 0) is 51.5 Å². The minimum absolute atomic E-state index is 0.209. The number of hydrogen-bond donors (Lipinski definition) is 0. The standard InChI is InChI=1S/C19H20N2O4S/c1-10(2)25-18(23)17-12(4)21-14(9-22)16(20-19(21)26-17)13-6-7-15(24-5)11(3)8-13/h6-10H,1-5H3. The molecule has 3 rings (SSSR count). The second kappa shape index (κ2) is 6.92. The Morgan fingerprint density at radius 3 is 2.62 bits per heavy atom. The Balaban J connectivity index is 2.13. The predicted octanol–water partition coefficient (Wildman–Crippen LogP) is 4.07. The summed E-state index contributed by atoms with van der Waals surface area (Å²) in [4.78, 5) is 29.7. The van der Waals surface area contributed by atoms with Gasteiger partial charge in [-0.3, -0.25) is 9.20 Å². The average molecular weight is 372 g/mol. The first kappa shape index (κ1) is 18.1. The highest BCUT2D eigenvalue weighted by molar-refractivity contribution is 7.19. The fourth-order valence-corrected chi connectivity index (χ4v) is 3.89. The van der Waals surface area contributed by atoms with Crippen molar-refractivity contribution < 1.29 is 19.1 Å². The van der Waals surface area contributed by atoms with Gasteiger partial charge < -0.3 is 9.47 Å². The van der Waals surface area contributed by atoms with Crippen molar-refractivity contribution in [3.63, 3.8) is 0 Å². The molecule has 0 saturated carbocycles. The number of esters is 1. The van der Waals surface area contributed by atoms with E-state index in [1.807, 2.05) is 25.1 Å². The van der Waals surface area contributed by atoms with E-state index in [1.165, 1.54) is 11.3 Å². The van der Waals surface area contributed by atoms with Crippen LogP contribution in [0.3, 0.4) is 0 Å². The molecule has 0 fully saturated rings. The summed E-state index contributed by atoms with van der Waals surface area (Å²) >= 11 is 1.22. The molecule has 0 aliphatic rings. The maximum atomic E-state index is 12.3. The molecule has 0 radical (unpaired) electrons. The van der Waals surface area contributed by atoms with Gasteiger partial charge in [0.1, 0.15) is 22.0 Å². The summed E-state index contributed by atoms with van der Waals surface area (Å²) in [5.74, 6) is 0.379. The highest BCUT2D eigenvalue weighted by atomic mass is 32.1. The number of carbonyl (C=O) groups is 2. The number of nitrogens with zero attached hydrogens (tertiary/aromatic N) is 2. The molecule has 0 saturated heterocycles. The predicted molar refractivity (Wildman–Crippen MR) is 100 cm³/mol. The van der Waals surface area contributed by atoms with Gasteiger partial charge in [-0.15, -0.1) is 0 Å². The average Bonchev–Trinajstić information content (AvgIpc) is 3.11. The molecule has 0 bridgehead atoms. The Morgan fingerprint density at radius 2 is 2.04 bits per heavy atom. The second-order valence-electron chi connectivity index (χ2n) is 6.24. The first-order chi connectivity index (χ1) is 12.4. The molecule has 0 amide bonds. The van der Waals surface area contributed by atoms with E-state index in [2.05, 4.69) is 4.98 Å². The Bertz CT molecular complexity index is 1000. The van der Waals surface area contributed by atoms with E-state index in [9.17, 15) is 9.59 Å². The third-order valence-electron chi connectivity index (χ3n) is 4.05. The van der Waals surface area contributed by atoms with Gasteiger partial charge >= 0.3 is 5.97 Å². The number of imidazole rings is 1. The van der Waals surface area contributed by atoms with E-state index in [-0.39, 0.29) is 6.10 Å². The number of aromatic nitrogens is 2. The van der Waals surface area contributed by atoms with Crippen LogP contribution in [0, 0.1) is 13.8 Å². The number of rotatable bonds is 5. The first-order valence-electron chi connectivity index (χ1n) is 8.20. The van der Waals surface area contributed by atoms with Crippen LogP contribution >= 0.6 is 11.3 Å². The first-order valence-corrected chi connectivity index (χ1v) is 9.02. The number of ether oxygens (including phenoxy) is 2. The van der Waals surface area contributed by atoms with Crippen LogP contribution in [0.25, 0.3) is 16.2 Å². The van der Waals surface area contributed by atoms with E-state index < -0.39 is 5.97 Å². The van der Waals surface area contributed by atoms with E-state index in [4.69, 9.17) is 9.47 Å². The highest BCUT2D eigenvalue weighted by Gasteiger charge is 2.24. The molecule has 0 unspecified atom stereocenters. The number of aldehydes is 1. The molecule has 3 aromatic rings. The third kappa shape index (κ3) is 2.99. The van der Waals surface area contributed by atoms with E-state index in [0.717, 1.165) is 23.2 Å². The van der Waals surface area contributed by atoms with Crippen molar-refractivity contribution in [1.82, 2.24) is 9.38 Å². The number of hydrogen-bond acceptors (Lipinski definition) is 6. The molecule has 1 aromatic carbocycles. The molecule has 0 aliphatic carbocycles. The van der Waals surface area contributed by atoms with E-state index >= 15 is 0 Å². The number of thiazole rings is 1. The number of aryl methyl sites for hydroxylation is 2. The molecular weight excluding hydrogens is 352 g/mol. The van der Waals surface area contributed by atoms with Gasteiger partial charge in [-0.1, -0.05) is 11.3 Å². The number of carbonyl (C=O) groups excluding carboxylic acids is 2. The summed E-state index contributed by atoms with van der Waals surface area (Å²) in [7, 11) is 1.62. The van der Waals surface area contributed by atoms with Crippen LogP contribution in [-0.2, 0) is 4.74 Å². The maximum absolute atomic E-state index is 12.3. The fraction of sp³-hybridized carbons (Fsp3) is 0.316. The molecule has 0 aliphatic heterocycles. The fourth-order valence-electron chi connectivity index (χ4n) is 2.87. The Labute approximate surface area is 155 Å². The number of methoxy groups -OCH3 is 1. The topological polar surface area (TPSA) is 69.9 Å². The number of benzene rings is 1. The maximum Gasteiger partial charge on any atom is 0.350 e. The molecular formula is C19H20N2O4S. The van der Waals surface area contributed by atoms with Crippen molar-refractivity contribution in [3.05, 3.63) is 40.0 Å². The minimum Gasteiger partial charge on any atom is -0.496 e. The lowest BCUT2D eigenvalue weighted by atomic mass is 10.1. The molecule has 2 heterocycles. The summed E-state index contributed by atoms with van der Waals surface area (Å²) in [6.45, 7) is 7.32. The van der Waals surface area contributed by atoms with Crippen LogP contribution in [0.4, 0.5) is 0 Å². The van der Waals surface area contributed by atoms with Crippen molar-refractivity contribution in [3.8, 4) is 17.0 Å². The van der Waals surface area contributed by atoms with Gasteiger partial charge in [0.25, 0.3) is 0 Å². The molecule has 26 heavy (non-hydrogen) atoms. The molecule has 6 nitrogen and oxygen atoms in total. The Hall–Kier alpha value is -2.67. The number of fused-ring (bicyclic) bond motifs is 1. The van der Waals surface area contributed by atoms with Crippen LogP contribution in [0.2, 0.25) is 0 Å². The zero-order valence-electron chi connectivity index (χ0n) is 15.3. The van der Waals surface area contributed by atoms with Crippen LogP contribution in [-0.4, -0.2) is 34.9 Å². The Morgan fingerprint density at radius 1 is 1.31 bits per heavy atom. The van der Waals surface area contributed by atoms with Crippen molar-refractivity contribution in [2.75, 3.05) is 7.11 Å². The second-order valence-corrected chi connectivity index (χ2v) is 7.21. The lowest BCUT2D eigenvalue weighted by molar-refractivity contribution is 0.0382. The zero-order valence-corrected chi connectivity index (χ0v) is 16.1. The molecule has 2 aromatic heterocycles. The van der Waals surface area contributed by atoms with Crippen LogP contribution in [0.1, 0.15) is 45.3 Å². The molecule has 0 atom stereocenters. The lowest BCUT2D eigenvalue weighted by Crippen LogP contribution is -2.11. The van der Waals surface area contributed by atoms with Gasteiger partial charge in [-0.25, -0.2) is 9.78 Å². The van der Waals surface area contributed by atoms with Crippen molar-refractivity contribution in [2.45, 2.75) is 33.8 Å². The summed E-state index contributed by atoms with van der Waals surface area (Å²) in [6.07, 6.45) is 0.561. The largest absolute Gasteiger partial charge is 0.496 e. The van der Waals surface area contributed by atoms with Crippen molar-refractivity contribution in [2.24, 2.45) is 0 Å². The molecule has 7 heteroatoms. The van der Waals surface area contributed by atoms with Crippen molar-refractivity contribution >= 4 is 28.6 Å². The quantitative estimate of drug-likeness (QED) is 0.499. The van der Waals surface area contributed by atoms with Gasteiger partial charge in [-0.2, -0.15) is 0 Å². The summed E-state index contributed by atoms with van der Waals surface area (Å²) in [5.41, 5.74) is 3.44. The molecule has 136 valence electrons. The minimum atomic E-state index is -0.397. The van der Waals surface area contributed by atoms with Crippen LogP contribution in [0.5, 0.6) is 5.75 Å². The van der Waals surface area contributed by atoms with Gasteiger partial charge in [0.05, 0.1) is 13.2 Å². The zero-order chi connectivity index (χ0) is 19.0. The highest BCUT2D eigenvalue weighted by Crippen LogP contribution is 2.32. The van der Waals surface area contributed by atoms with Crippen LogP contribution < -0.4 is 4.74 Å². The molecule has 0 N–H and O–H groups in total. The van der Waals surface area contributed by atoms with E-state index in [1.54, 1.807) is 32.3 Å². The van der Waals surface area contributed by atoms with Gasteiger partial charge in [0, 0.05) is 11.3 Å². The molecule has 0 spiro atoms. The van der Waals surface area contributed by atoms with Crippen molar-refractivity contribution in [1.29, 1.82) is 0 Å². The Kier molecular flexibility index (Phi) is 4.82. The normalized spacial score (nSPS) is 11.2. The van der Waals surface area contributed by atoms with Gasteiger partial charge in [0.2, 0.25) is 0 Å². The van der Waals surface area contributed by atoms with E-state index in [0.29, 0.717) is 26.9 Å². The monoisotopic (exact) mass is 372 g/mol. The summed E-state index contributed by atoms with van der Waals surface area (Å²) < 4.78 is 12.3.